The predicted octanol–water partition coefficient (Wildman–Crippen LogP) is 2.05. The Morgan fingerprint density at radius 2 is 2.00 bits per heavy atom. The van der Waals surface area contributed by atoms with Crippen LogP contribution in [0, 0.1) is 0 Å². The molecule has 0 saturated carbocycles. The van der Waals surface area contributed by atoms with Crippen molar-refractivity contribution in [1.29, 1.82) is 0 Å². The highest BCUT2D eigenvalue weighted by atomic mass is 19.4. The van der Waals surface area contributed by atoms with E-state index in [1.165, 1.54) is 26.4 Å². The number of rotatable bonds is 7. The molecule has 0 radical (unpaired) electrons. The van der Waals surface area contributed by atoms with Gasteiger partial charge < -0.3 is 9.47 Å². The summed E-state index contributed by atoms with van der Waals surface area (Å²) in [6.45, 7) is 2.31. The summed E-state index contributed by atoms with van der Waals surface area (Å²) < 4.78 is 48.3. The van der Waals surface area contributed by atoms with Gasteiger partial charge in [-0.25, -0.2) is 5.43 Å². The van der Waals surface area contributed by atoms with Gasteiger partial charge in [0.15, 0.2) is 0 Å². The van der Waals surface area contributed by atoms with E-state index in [9.17, 15) is 18.0 Å². The maximum atomic E-state index is 12.8. The minimum Gasteiger partial charge on any atom is -0.468 e. The molecular weight excluding hydrogens is 301 g/mol. The van der Waals surface area contributed by atoms with E-state index in [0.717, 1.165) is 12.1 Å². The van der Waals surface area contributed by atoms with E-state index in [4.69, 9.17) is 4.74 Å². The molecule has 0 aromatic heterocycles. The number of benzene rings is 1. The topological polar surface area (TPSA) is 59.6 Å². The maximum Gasteiger partial charge on any atom is 0.416 e. The lowest BCUT2D eigenvalue weighted by Gasteiger charge is -2.26. The molecule has 1 aromatic carbocycles. The molecule has 2 N–H and O–H groups in total. The first kappa shape index (κ1) is 18.4. The van der Waals surface area contributed by atoms with Crippen molar-refractivity contribution in [3.05, 3.63) is 35.4 Å². The van der Waals surface area contributed by atoms with Crippen molar-refractivity contribution in [3.63, 3.8) is 0 Å². The Kier molecular flexibility index (Phi) is 6.79. The highest BCUT2D eigenvalue weighted by Gasteiger charge is 2.34. The van der Waals surface area contributed by atoms with Crippen molar-refractivity contribution in [2.24, 2.45) is 0 Å². The number of ether oxygens (including phenoxy) is 2. The van der Waals surface area contributed by atoms with E-state index in [2.05, 4.69) is 15.6 Å². The van der Waals surface area contributed by atoms with Crippen LogP contribution in [0.4, 0.5) is 13.2 Å². The van der Waals surface area contributed by atoms with Gasteiger partial charge in [-0.3, -0.25) is 10.2 Å². The Morgan fingerprint density at radius 1 is 1.32 bits per heavy atom. The van der Waals surface area contributed by atoms with Crippen LogP contribution < -0.4 is 10.9 Å². The zero-order chi connectivity index (χ0) is 16.8. The monoisotopic (exact) mass is 320 g/mol. The second-order valence-corrected chi connectivity index (χ2v) is 4.46. The van der Waals surface area contributed by atoms with E-state index >= 15 is 0 Å². The number of hydrazine groups is 1. The summed E-state index contributed by atoms with van der Waals surface area (Å²) in [6, 6.07) is 3.66. The molecule has 5 nitrogen and oxygen atoms in total. The van der Waals surface area contributed by atoms with Crippen molar-refractivity contribution in [3.8, 4) is 0 Å². The quantitative estimate of drug-likeness (QED) is 0.595. The molecule has 0 spiro atoms. The molecule has 8 heteroatoms. The summed E-state index contributed by atoms with van der Waals surface area (Å²) in [5.41, 5.74) is 4.85. The van der Waals surface area contributed by atoms with E-state index in [0.29, 0.717) is 6.54 Å². The molecule has 0 aliphatic heterocycles. The highest BCUT2D eigenvalue weighted by molar-refractivity contribution is 5.76. The second kappa shape index (κ2) is 8.11. The molecule has 124 valence electrons. The van der Waals surface area contributed by atoms with Crippen molar-refractivity contribution < 1.29 is 27.4 Å². The van der Waals surface area contributed by atoms with Crippen LogP contribution in [0.15, 0.2) is 24.3 Å². The number of nitrogens with one attached hydrogen (secondary N) is 2. The van der Waals surface area contributed by atoms with Gasteiger partial charge in [0.2, 0.25) is 0 Å². The fraction of sp³-hybridized carbons (Fsp3) is 0.500. The number of carbonyl (C=O) groups is 1. The molecule has 0 fully saturated rings. The largest absolute Gasteiger partial charge is 0.468 e. The molecule has 2 unspecified atom stereocenters. The Bertz CT molecular complexity index is 494. The van der Waals surface area contributed by atoms with Crippen LogP contribution in [0.5, 0.6) is 0 Å². The van der Waals surface area contributed by atoms with Crippen LogP contribution in [0.2, 0.25) is 0 Å². The number of hydrogen-bond donors (Lipinski definition) is 2. The summed E-state index contributed by atoms with van der Waals surface area (Å²) >= 11 is 0. The third kappa shape index (κ3) is 4.69. The van der Waals surface area contributed by atoms with Gasteiger partial charge in [-0.05, 0) is 17.7 Å². The molecule has 0 aliphatic carbocycles. The smallest absolute Gasteiger partial charge is 0.416 e. The van der Waals surface area contributed by atoms with E-state index in [1.54, 1.807) is 6.92 Å². The van der Waals surface area contributed by atoms with E-state index < -0.39 is 29.9 Å². The number of alkyl halides is 3. The molecule has 2 atom stereocenters. The second-order valence-electron chi connectivity index (χ2n) is 4.46. The summed E-state index contributed by atoms with van der Waals surface area (Å²) in [6.07, 6.45) is -5.40. The minimum absolute atomic E-state index is 0.220. The Balaban J connectivity index is 3.13. The van der Waals surface area contributed by atoms with Crippen molar-refractivity contribution in [2.45, 2.75) is 25.2 Å². The van der Waals surface area contributed by atoms with Gasteiger partial charge in [-0.1, -0.05) is 19.1 Å². The van der Waals surface area contributed by atoms with Gasteiger partial charge in [0, 0.05) is 13.7 Å². The average molecular weight is 320 g/mol. The molecule has 0 amide bonds. The minimum atomic E-state index is -4.47. The molecule has 0 saturated heterocycles. The number of esters is 1. The molecule has 1 rings (SSSR count). The van der Waals surface area contributed by atoms with Crippen molar-refractivity contribution in [2.75, 3.05) is 20.8 Å². The lowest BCUT2D eigenvalue weighted by Crippen LogP contribution is -2.49. The highest BCUT2D eigenvalue weighted by Crippen LogP contribution is 2.32. The maximum absolute atomic E-state index is 12.8. The number of halogens is 3. The van der Waals surface area contributed by atoms with Crippen LogP contribution in [0.3, 0.4) is 0 Å². The first-order chi connectivity index (χ1) is 10.3. The fourth-order valence-corrected chi connectivity index (χ4v) is 1.95. The van der Waals surface area contributed by atoms with Gasteiger partial charge >= 0.3 is 12.1 Å². The summed E-state index contributed by atoms with van der Waals surface area (Å²) in [5.74, 6) is -0.648. The number of carbonyl (C=O) groups excluding carboxylic acids is 1. The lowest BCUT2D eigenvalue weighted by atomic mass is 10.00. The first-order valence-corrected chi connectivity index (χ1v) is 6.61. The Morgan fingerprint density at radius 3 is 2.50 bits per heavy atom. The van der Waals surface area contributed by atoms with Gasteiger partial charge in [0.05, 0.1) is 12.7 Å². The Labute approximate surface area is 126 Å². The van der Waals surface area contributed by atoms with E-state index in [-0.39, 0.29) is 5.56 Å². The van der Waals surface area contributed by atoms with Crippen LogP contribution in [-0.2, 0) is 20.4 Å². The first-order valence-electron chi connectivity index (χ1n) is 6.61. The lowest BCUT2D eigenvalue weighted by molar-refractivity contribution is -0.147. The van der Waals surface area contributed by atoms with Gasteiger partial charge in [-0.2, -0.15) is 13.2 Å². The predicted molar refractivity (Wildman–Crippen MR) is 73.8 cm³/mol. The van der Waals surface area contributed by atoms with Crippen molar-refractivity contribution in [1.82, 2.24) is 10.9 Å². The SMILES string of the molecule is CCNNC(C(=O)OC)C(OC)c1cccc(C(F)(F)F)c1. The Hall–Kier alpha value is -1.64. The zero-order valence-corrected chi connectivity index (χ0v) is 12.5. The standard InChI is InChI=1S/C14H19F3N2O3/c1-4-18-19-11(13(20)22-3)12(21-2)9-6-5-7-10(8-9)14(15,16)17/h5-8,11-12,18-19H,4H2,1-3H3. The molecule has 0 bridgehead atoms. The number of hydrogen-bond acceptors (Lipinski definition) is 5. The average Bonchev–Trinajstić information content (AvgIpc) is 2.50. The van der Waals surface area contributed by atoms with Gasteiger partial charge in [0.25, 0.3) is 0 Å². The molecule has 1 aromatic rings. The molecule has 22 heavy (non-hydrogen) atoms. The van der Waals surface area contributed by atoms with Gasteiger partial charge in [0.1, 0.15) is 12.1 Å². The van der Waals surface area contributed by atoms with Crippen LogP contribution in [-0.4, -0.2) is 32.8 Å². The van der Waals surface area contributed by atoms with Crippen molar-refractivity contribution >= 4 is 5.97 Å². The summed E-state index contributed by atoms with van der Waals surface area (Å²) in [5, 5.41) is 0. The van der Waals surface area contributed by atoms with Gasteiger partial charge in [-0.15, -0.1) is 0 Å². The zero-order valence-electron chi connectivity index (χ0n) is 12.5. The third-order valence-corrected chi connectivity index (χ3v) is 2.99. The summed E-state index contributed by atoms with van der Waals surface area (Å²) in [4.78, 5) is 11.8. The normalized spacial score (nSPS) is 14.5. The fourth-order valence-electron chi connectivity index (χ4n) is 1.95. The van der Waals surface area contributed by atoms with Crippen LogP contribution in [0.25, 0.3) is 0 Å². The van der Waals surface area contributed by atoms with E-state index in [1.807, 2.05) is 0 Å². The van der Waals surface area contributed by atoms with Crippen LogP contribution >= 0.6 is 0 Å². The third-order valence-electron chi connectivity index (χ3n) is 2.99. The summed E-state index contributed by atoms with van der Waals surface area (Å²) in [7, 11) is 2.51. The molecular formula is C14H19F3N2O3. The molecule has 0 aliphatic rings. The van der Waals surface area contributed by atoms with Crippen LogP contribution in [0.1, 0.15) is 24.2 Å². The number of methoxy groups -OCH3 is 2. The molecule has 0 heterocycles.